The van der Waals surface area contributed by atoms with Gasteiger partial charge in [-0.05, 0) is 43.2 Å². The fourth-order valence-corrected chi connectivity index (χ4v) is 4.60. The lowest BCUT2D eigenvalue weighted by Gasteiger charge is -2.31. The van der Waals surface area contributed by atoms with Crippen molar-refractivity contribution < 1.29 is 13.9 Å². The number of aryl methyl sites for hydroxylation is 1. The summed E-state index contributed by atoms with van der Waals surface area (Å²) in [6, 6.07) is 9.96. The highest BCUT2D eigenvalue weighted by molar-refractivity contribution is 5.95. The minimum absolute atomic E-state index is 0.247. The predicted molar refractivity (Wildman–Crippen MR) is 135 cm³/mol. The van der Waals surface area contributed by atoms with Crippen LogP contribution in [0.3, 0.4) is 0 Å². The number of aliphatic hydroxyl groups excluding tert-OH is 1. The molecule has 3 N–H and O–H groups in total. The minimum atomic E-state index is -0.504. The summed E-state index contributed by atoms with van der Waals surface area (Å²) in [7, 11) is 0. The summed E-state index contributed by atoms with van der Waals surface area (Å²) in [5.41, 5.74) is 2.98. The number of nitrogens with one attached hydrogen (secondary N) is 2. The number of anilines is 3. The van der Waals surface area contributed by atoms with Crippen LogP contribution in [0.2, 0.25) is 0 Å². The van der Waals surface area contributed by atoms with Crippen molar-refractivity contribution in [3.63, 3.8) is 0 Å². The first-order valence-corrected chi connectivity index (χ1v) is 11.7. The molecule has 4 aromatic heterocycles. The Hall–Kier alpha value is -4.31. The van der Waals surface area contributed by atoms with Gasteiger partial charge in [0.05, 0.1) is 40.3 Å². The van der Waals surface area contributed by atoms with Crippen molar-refractivity contribution in [2.45, 2.75) is 25.9 Å². The molecule has 36 heavy (non-hydrogen) atoms. The normalized spacial score (nSPS) is 14.6. The molecule has 5 heterocycles. The molecular weight excluding hydrogens is 463 g/mol. The number of oxazole rings is 1. The Balaban J connectivity index is 1.39. The molecule has 0 radical (unpaired) electrons. The molecule has 0 spiro atoms. The van der Waals surface area contributed by atoms with E-state index in [9.17, 15) is 9.90 Å². The Morgan fingerprint density at radius 1 is 1.14 bits per heavy atom. The van der Waals surface area contributed by atoms with Crippen LogP contribution in [0, 0.1) is 12.7 Å². The van der Waals surface area contributed by atoms with Crippen LogP contribution in [-0.4, -0.2) is 44.2 Å². The largest absolute Gasteiger partial charge is 0.441 e. The Morgan fingerprint density at radius 3 is 2.75 bits per heavy atom. The second kappa shape index (κ2) is 8.72. The van der Waals surface area contributed by atoms with Crippen molar-refractivity contribution in [3.8, 4) is 11.3 Å². The Bertz CT molecular complexity index is 1640. The molecule has 0 bridgehead atoms. The number of fused-ring (bicyclic) bond motifs is 2. The molecule has 182 valence electrons. The summed E-state index contributed by atoms with van der Waals surface area (Å²) in [6.07, 6.45) is 4.47. The molecule has 10 heteroatoms. The van der Waals surface area contributed by atoms with Crippen LogP contribution in [0.15, 0.2) is 58.0 Å². The van der Waals surface area contributed by atoms with E-state index in [2.05, 4.69) is 30.2 Å². The summed E-state index contributed by atoms with van der Waals surface area (Å²) in [5, 5.41) is 13.3. The van der Waals surface area contributed by atoms with Gasteiger partial charge in [-0.1, -0.05) is 0 Å². The van der Waals surface area contributed by atoms with Gasteiger partial charge < -0.3 is 24.7 Å². The van der Waals surface area contributed by atoms with Gasteiger partial charge in [-0.15, -0.1) is 0 Å². The van der Waals surface area contributed by atoms with Crippen molar-refractivity contribution in [1.29, 1.82) is 0 Å². The van der Waals surface area contributed by atoms with Crippen molar-refractivity contribution in [1.82, 2.24) is 19.9 Å². The number of aliphatic hydroxyl groups is 1. The van der Waals surface area contributed by atoms with Crippen LogP contribution < -0.4 is 15.8 Å². The number of benzene rings is 1. The number of hydrogen-bond acceptors (Lipinski definition) is 8. The van der Waals surface area contributed by atoms with E-state index in [4.69, 9.17) is 4.42 Å². The average Bonchev–Trinajstić information content (AvgIpc) is 3.23. The zero-order valence-corrected chi connectivity index (χ0v) is 19.5. The van der Waals surface area contributed by atoms with Gasteiger partial charge in [0.2, 0.25) is 0 Å². The van der Waals surface area contributed by atoms with Crippen molar-refractivity contribution in [2.24, 2.45) is 0 Å². The maximum absolute atomic E-state index is 15.0. The Morgan fingerprint density at radius 2 is 1.97 bits per heavy atom. The number of pyridine rings is 3. The molecule has 1 aliphatic rings. The van der Waals surface area contributed by atoms with Gasteiger partial charge in [0, 0.05) is 37.8 Å². The fourth-order valence-electron chi connectivity index (χ4n) is 4.60. The molecule has 0 saturated carbocycles. The second-order valence-electron chi connectivity index (χ2n) is 8.90. The molecule has 0 unspecified atom stereocenters. The van der Waals surface area contributed by atoms with Crippen LogP contribution in [0.5, 0.6) is 0 Å². The molecule has 1 aliphatic heterocycles. The van der Waals surface area contributed by atoms with E-state index in [0.717, 1.165) is 31.6 Å². The van der Waals surface area contributed by atoms with Gasteiger partial charge >= 0.3 is 0 Å². The summed E-state index contributed by atoms with van der Waals surface area (Å²) < 4.78 is 20.5. The highest BCUT2D eigenvalue weighted by Crippen LogP contribution is 2.32. The fraction of sp³-hybridized carbons (Fsp3) is 0.231. The van der Waals surface area contributed by atoms with Crippen molar-refractivity contribution in [2.75, 3.05) is 23.3 Å². The van der Waals surface area contributed by atoms with Gasteiger partial charge in [0.15, 0.2) is 11.5 Å². The number of aromatic nitrogens is 4. The van der Waals surface area contributed by atoms with E-state index >= 15 is 4.39 Å². The highest BCUT2D eigenvalue weighted by Gasteiger charge is 2.19. The van der Waals surface area contributed by atoms with Gasteiger partial charge in [-0.2, -0.15) is 0 Å². The second-order valence-corrected chi connectivity index (χ2v) is 8.90. The first-order valence-electron chi connectivity index (χ1n) is 11.7. The Labute approximate surface area is 204 Å². The van der Waals surface area contributed by atoms with Gasteiger partial charge in [0.25, 0.3) is 5.56 Å². The third-order valence-electron chi connectivity index (χ3n) is 6.43. The van der Waals surface area contributed by atoms with E-state index in [-0.39, 0.29) is 17.2 Å². The molecule has 0 aliphatic carbocycles. The number of piperidine rings is 1. The molecular formula is C26H23FN6O3. The number of aromatic amines is 1. The SMILES string of the molecule is Cc1nc2cc(-c3cc(Nc4ccc(N5CCC(O)CC5)cn4)c4c(=O)[nH]ccc4n3)c(F)cc2o1. The third kappa shape index (κ3) is 4.05. The average molecular weight is 487 g/mol. The summed E-state index contributed by atoms with van der Waals surface area (Å²) >= 11 is 0. The maximum Gasteiger partial charge on any atom is 0.259 e. The first kappa shape index (κ1) is 22.2. The molecule has 0 amide bonds. The van der Waals surface area contributed by atoms with Crippen LogP contribution in [-0.2, 0) is 0 Å². The number of rotatable bonds is 4. The molecule has 1 aromatic carbocycles. The maximum atomic E-state index is 15.0. The zero-order chi connectivity index (χ0) is 24.8. The van der Waals surface area contributed by atoms with Crippen LogP contribution in [0.25, 0.3) is 33.3 Å². The monoisotopic (exact) mass is 486 g/mol. The predicted octanol–water partition coefficient (Wildman–Crippen LogP) is 4.28. The lowest BCUT2D eigenvalue weighted by atomic mass is 10.1. The highest BCUT2D eigenvalue weighted by atomic mass is 19.1. The number of halogens is 1. The van der Waals surface area contributed by atoms with Crippen molar-refractivity contribution in [3.05, 3.63) is 70.9 Å². The van der Waals surface area contributed by atoms with E-state index < -0.39 is 5.82 Å². The third-order valence-corrected chi connectivity index (χ3v) is 6.43. The molecule has 6 rings (SSSR count). The Kier molecular flexibility index (Phi) is 5.37. The van der Waals surface area contributed by atoms with E-state index in [0.29, 0.717) is 45.1 Å². The lowest BCUT2D eigenvalue weighted by Crippen LogP contribution is -2.35. The molecule has 9 nitrogen and oxygen atoms in total. The zero-order valence-electron chi connectivity index (χ0n) is 19.5. The van der Waals surface area contributed by atoms with Crippen LogP contribution >= 0.6 is 0 Å². The molecule has 1 fully saturated rings. The summed E-state index contributed by atoms with van der Waals surface area (Å²) in [4.78, 5) is 30.9. The number of nitrogens with zero attached hydrogens (tertiary/aromatic N) is 4. The molecule has 5 aromatic rings. The van der Waals surface area contributed by atoms with Crippen molar-refractivity contribution >= 4 is 39.2 Å². The number of hydrogen-bond donors (Lipinski definition) is 3. The van der Waals surface area contributed by atoms with Gasteiger partial charge in [-0.3, -0.25) is 4.79 Å². The minimum Gasteiger partial charge on any atom is -0.441 e. The van der Waals surface area contributed by atoms with Gasteiger partial charge in [0.1, 0.15) is 17.2 Å². The van der Waals surface area contributed by atoms with E-state index in [1.807, 2.05) is 12.1 Å². The molecule has 0 atom stereocenters. The smallest absolute Gasteiger partial charge is 0.259 e. The molecule has 1 saturated heterocycles. The number of H-pyrrole nitrogens is 1. The standard InChI is InChI=1S/C26H23FN6O3/c1-14-30-21-10-17(18(27)11-23(21)36-14)20-12-22(25-19(31-20)4-7-28-26(25)35)32-24-3-2-15(13-29-24)33-8-5-16(34)6-9-33/h2-4,7,10-13,16,34H,5-6,8-9H2,1H3,(H,28,35)(H,29,31,32). The summed E-state index contributed by atoms with van der Waals surface area (Å²) in [5.74, 6) is 0.466. The van der Waals surface area contributed by atoms with E-state index in [1.165, 1.54) is 12.3 Å². The first-order chi connectivity index (χ1) is 17.4. The van der Waals surface area contributed by atoms with Gasteiger partial charge in [-0.25, -0.2) is 19.3 Å². The quantitative estimate of drug-likeness (QED) is 0.344. The van der Waals surface area contributed by atoms with Crippen LogP contribution in [0.1, 0.15) is 18.7 Å². The van der Waals surface area contributed by atoms with Crippen LogP contribution in [0.4, 0.5) is 21.6 Å². The lowest BCUT2D eigenvalue weighted by molar-refractivity contribution is 0.145. The van der Waals surface area contributed by atoms with E-state index in [1.54, 1.807) is 31.3 Å². The topological polar surface area (TPSA) is 120 Å². The summed E-state index contributed by atoms with van der Waals surface area (Å²) in [6.45, 7) is 3.24.